The summed E-state index contributed by atoms with van der Waals surface area (Å²) in [6.07, 6.45) is 0.452. The molecule has 7 heteroatoms. The molecule has 4 N–H and O–H groups in total. The zero-order valence-corrected chi connectivity index (χ0v) is 21.9. The van der Waals surface area contributed by atoms with Gasteiger partial charge in [-0.05, 0) is 52.4 Å². The van der Waals surface area contributed by atoms with Crippen molar-refractivity contribution in [2.24, 2.45) is 0 Å². The summed E-state index contributed by atoms with van der Waals surface area (Å²) >= 11 is 0. The van der Waals surface area contributed by atoms with Crippen molar-refractivity contribution in [3.05, 3.63) is 126 Å². The van der Waals surface area contributed by atoms with Gasteiger partial charge in [-0.1, -0.05) is 84.9 Å². The number of carbonyl (C=O) groups excluding carboxylic acids is 2. The van der Waals surface area contributed by atoms with Crippen LogP contribution >= 0.6 is 0 Å². The summed E-state index contributed by atoms with van der Waals surface area (Å²) in [5, 5.41) is 17.2. The van der Waals surface area contributed by atoms with Gasteiger partial charge in [0.15, 0.2) is 6.04 Å². The second kappa shape index (κ2) is 10.7. The maximum absolute atomic E-state index is 13.7. The van der Waals surface area contributed by atoms with E-state index < -0.39 is 18.1 Å². The summed E-state index contributed by atoms with van der Waals surface area (Å²) in [7, 11) is 1.29. The van der Waals surface area contributed by atoms with E-state index in [1.165, 1.54) is 19.2 Å². The average Bonchev–Trinajstić information content (AvgIpc) is 3.39. The minimum absolute atomic E-state index is 0.0700. The van der Waals surface area contributed by atoms with Crippen LogP contribution in [0.2, 0.25) is 0 Å². The second-order valence-corrected chi connectivity index (χ2v) is 9.96. The number of phenols is 1. The van der Waals surface area contributed by atoms with Crippen LogP contribution in [0.1, 0.15) is 34.5 Å². The van der Waals surface area contributed by atoms with E-state index in [0.717, 1.165) is 38.9 Å². The van der Waals surface area contributed by atoms with E-state index >= 15 is 0 Å². The largest absolute Gasteiger partial charge is 0.508 e. The molecule has 0 saturated carbocycles. The second-order valence-electron chi connectivity index (χ2n) is 9.96. The fourth-order valence-electron chi connectivity index (χ4n) is 5.47. The molecule has 7 nitrogen and oxygen atoms in total. The predicted molar refractivity (Wildman–Crippen MR) is 154 cm³/mol. The van der Waals surface area contributed by atoms with E-state index in [2.05, 4.69) is 58.1 Å². The summed E-state index contributed by atoms with van der Waals surface area (Å²) in [5.41, 5.74) is 6.91. The molecule has 6 rings (SSSR count). The molecule has 1 aliphatic heterocycles. The van der Waals surface area contributed by atoms with Crippen LogP contribution in [0.3, 0.4) is 0 Å². The molecule has 2 heterocycles. The molecule has 3 atom stereocenters. The summed E-state index contributed by atoms with van der Waals surface area (Å²) in [6, 6.07) is 30.9. The summed E-state index contributed by atoms with van der Waals surface area (Å²) in [5.74, 6) is -0.832. The van der Waals surface area contributed by atoms with Crippen molar-refractivity contribution >= 4 is 22.8 Å². The molecule has 0 aliphatic carbocycles. The number of aromatic amines is 1. The number of methoxy groups -OCH3 is 1. The van der Waals surface area contributed by atoms with Crippen molar-refractivity contribution in [3.8, 4) is 16.9 Å². The molecular formula is C33H29N3O4. The molecular weight excluding hydrogens is 502 g/mol. The van der Waals surface area contributed by atoms with Crippen LogP contribution < -0.4 is 10.6 Å². The molecule has 0 radical (unpaired) electrons. The lowest BCUT2D eigenvalue weighted by Gasteiger charge is -2.32. The van der Waals surface area contributed by atoms with E-state index in [1.807, 2.05) is 36.4 Å². The molecule has 200 valence electrons. The van der Waals surface area contributed by atoms with Crippen molar-refractivity contribution in [1.82, 2.24) is 15.6 Å². The van der Waals surface area contributed by atoms with E-state index in [0.29, 0.717) is 12.0 Å². The van der Waals surface area contributed by atoms with E-state index in [4.69, 9.17) is 4.74 Å². The molecule has 0 spiro atoms. The first-order valence-corrected chi connectivity index (χ1v) is 13.2. The van der Waals surface area contributed by atoms with E-state index in [1.54, 1.807) is 12.1 Å². The van der Waals surface area contributed by atoms with E-state index in [9.17, 15) is 14.7 Å². The van der Waals surface area contributed by atoms with Gasteiger partial charge in [0.25, 0.3) is 0 Å². The van der Waals surface area contributed by atoms with Crippen LogP contribution in [0.5, 0.6) is 5.75 Å². The van der Waals surface area contributed by atoms with E-state index in [-0.39, 0.29) is 17.7 Å². The fourth-order valence-corrected chi connectivity index (χ4v) is 5.47. The number of para-hydroxylation sites is 1. The Kier molecular flexibility index (Phi) is 6.80. The van der Waals surface area contributed by atoms with Gasteiger partial charge in [0.1, 0.15) is 5.75 Å². The number of aromatic nitrogens is 1. The molecule has 40 heavy (non-hydrogen) atoms. The first-order chi connectivity index (χ1) is 19.5. The Labute approximate surface area is 231 Å². The highest BCUT2D eigenvalue weighted by Crippen LogP contribution is 2.36. The molecule has 5 aromatic rings. The van der Waals surface area contributed by atoms with Crippen LogP contribution in [0.25, 0.3) is 22.0 Å². The fraction of sp³-hybridized carbons (Fsp3) is 0.152. The Morgan fingerprint density at radius 1 is 0.875 bits per heavy atom. The quantitative estimate of drug-likeness (QED) is 0.226. The number of phenolic OH excluding ortho intramolecular Hbond substituents is 1. The van der Waals surface area contributed by atoms with Gasteiger partial charge < -0.3 is 20.1 Å². The van der Waals surface area contributed by atoms with Gasteiger partial charge in [-0.15, -0.1) is 0 Å². The minimum atomic E-state index is -1.01. The number of H-pyrrole nitrogens is 1. The Balaban J connectivity index is 1.34. The lowest BCUT2D eigenvalue weighted by atomic mass is 9.89. The molecule has 4 aromatic carbocycles. The Morgan fingerprint density at radius 3 is 2.27 bits per heavy atom. The lowest BCUT2D eigenvalue weighted by Crippen LogP contribution is -2.51. The molecule has 1 aromatic heterocycles. The highest BCUT2D eigenvalue weighted by atomic mass is 16.5. The number of nitrogens with one attached hydrogen (secondary N) is 3. The number of hydrogen-bond acceptors (Lipinski definition) is 5. The maximum Gasteiger partial charge on any atom is 0.333 e. The Hall–Kier alpha value is -4.88. The zero-order valence-electron chi connectivity index (χ0n) is 21.9. The lowest BCUT2D eigenvalue weighted by molar-refractivity contribution is -0.145. The number of ether oxygens (including phenoxy) is 1. The monoisotopic (exact) mass is 531 g/mol. The molecule has 1 unspecified atom stereocenters. The Morgan fingerprint density at radius 2 is 1.55 bits per heavy atom. The van der Waals surface area contributed by atoms with Gasteiger partial charge in [0, 0.05) is 16.6 Å². The summed E-state index contributed by atoms with van der Waals surface area (Å²) < 4.78 is 4.98. The standard InChI is InChI=1S/C33H29N3O4/c1-40-33(39)30(23-15-17-24(37)18-16-23)36-32(38)28-19-26-25-9-5-6-10-27(25)34-31(26)29(35-28)22-13-11-21(12-14-22)20-7-3-2-4-8-20/h2-18,28-30,34-35,37H,19H2,1H3,(H,36,38)/t28?,29-,30+/m0/s1. The first kappa shape index (κ1) is 25.4. The van der Waals surface area contributed by atoms with Gasteiger partial charge in [-0.3, -0.25) is 10.1 Å². The van der Waals surface area contributed by atoms with Crippen molar-refractivity contribution in [2.45, 2.75) is 24.5 Å². The van der Waals surface area contributed by atoms with Crippen LogP contribution in [-0.4, -0.2) is 35.1 Å². The van der Waals surface area contributed by atoms with Gasteiger partial charge in [-0.2, -0.15) is 0 Å². The van der Waals surface area contributed by atoms with Crippen molar-refractivity contribution in [3.63, 3.8) is 0 Å². The van der Waals surface area contributed by atoms with Gasteiger partial charge >= 0.3 is 5.97 Å². The third kappa shape index (κ3) is 4.83. The number of hydrogen-bond donors (Lipinski definition) is 4. The topological polar surface area (TPSA) is 103 Å². The van der Waals surface area contributed by atoms with Crippen LogP contribution in [0, 0.1) is 0 Å². The van der Waals surface area contributed by atoms with Crippen LogP contribution in [0.4, 0.5) is 0 Å². The van der Waals surface area contributed by atoms with Crippen LogP contribution in [-0.2, 0) is 20.7 Å². The van der Waals surface area contributed by atoms with Crippen molar-refractivity contribution in [1.29, 1.82) is 0 Å². The first-order valence-electron chi connectivity index (χ1n) is 13.2. The van der Waals surface area contributed by atoms with Gasteiger partial charge in [0.2, 0.25) is 5.91 Å². The normalized spacial score (nSPS) is 17.1. The number of rotatable bonds is 6. The maximum atomic E-state index is 13.7. The zero-order chi connectivity index (χ0) is 27.6. The highest BCUT2D eigenvalue weighted by molar-refractivity contribution is 5.91. The minimum Gasteiger partial charge on any atom is -0.508 e. The molecule has 0 fully saturated rings. The predicted octanol–water partition coefficient (Wildman–Crippen LogP) is 5.17. The van der Waals surface area contributed by atoms with Crippen LogP contribution in [0.15, 0.2) is 103 Å². The summed E-state index contributed by atoms with van der Waals surface area (Å²) in [6.45, 7) is 0. The number of aromatic hydroxyl groups is 1. The number of esters is 1. The number of amides is 1. The number of benzene rings is 4. The molecule has 1 amide bonds. The van der Waals surface area contributed by atoms with Gasteiger partial charge in [-0.25, -0.2) is 4.79 Å². The number of carbonyl (C=O) groups is 2. The van der Waals surface area contributed by atoms with Gasteiger partial charge in [0.05, 0.1) is 19.2 Å². The molecule has 0 saturated heterocycles. The average molecular weight is 532 g/mol. The molecule has 1 aliphatic rings. The third-order valence-corrected chi connectivity index (χ3v) is 7.53. The third-order valence-electron chi connectivity index (χ3n) is 7.53. The SMILES string of the molecule is COC(=O)[C@H](NC(=O)C1Cc2c([nH]c3ccccc23)[C@H](c2ccc(-c3ccccc3)cc2)N1)c1ccc(O)cc1. The molecule has 0 bridgehead atoms. The highest BCUT2D eigenvalue weighted by Gasteiger charge is 2.36. The Bertz CT molecular complexity index is 1660. The van der Waals surface area contributed by atoms with Crippen molar-refractivity contribution in [2.75, 3.05) is 7.11 Å². The smallest absolute Gasteiger partial charge is 0.333 e. The summed E-state index contributed by atoms with van der Waals surface area (Å²) in [4.78, 5) is 29.9. The number of fused-ring (bicyclic) bond motifs is 3. The van der Waals surface area contributed by atoms with Crippen molar-refractivity contribution < 1.29 is 19.4 Å².